The molecule has 1 heterocycles. The molecule has 1 aromatic carbocycles. The number of terminal acetylenes is 1. The van der Waals surface area contributed by atoms with Crippen LogP contribution in [-0.2, 0) is 6.54 Å². The van der Waals surface area contributed by atoms with E-state index in [1.807, 2.05) is 0 Å². The van der Waals surface area contributed by atoms with Crippen LogP contribution in [0.3, 0.4) is 0 Å². The van der Waals surface area contributed by atoms with Crippen molar-refractivity contribution in [2.75, 3.05) is 0 Å². The third-order valence-corrected chi connectivity index (χ3v) is 3.63. The van der Waals surface area contributed by atoms with E-state index in [2.05, 4.69) is 11.2 Å². The predicted octanol–water partition coefficient (Wildman–Crippen LogP) is 3.26. The van der Waals surface area contributed by atoms with Crippen LogP contribution in [-0.4, -0.2) is 4.92 Å². The average molecular weight is 290 g/mol. The van der Waals surface area contributed by atoms with Crippen LogP contribution >= 0.6 is 11.3 Å². The van der Waals surface area contributed by atoms with Crippen LogP contribution in [0.2, 0.25) is 0 Å². The van der Waals surface area contributed by atoms with Crippen molar-refractivity contribution in [1.29, 1.82) is 0 Å². The number of nitro groups is 1. The zero-order valence-electron chi connectivity index (χ0n) is 10.4. The third kappa shape index (κ3) is 3.41. The zero-order valence-corrected chi connectivity index (χ0v) is 11.2. The fourth-order valence-corrected chi connectivity index (χ4v) is 2.43. The minimum absolute atomic E-state index is 0.0980. The van der Waals surface area contributed by atoms with Gasteiger partial charge in [-0.25, -0.2) is 4.39 Å². The second-order valence-corrected chi connectivity index (χ2v) is 4.97. The lowest BCUT2D eigenvalue weighted by Gasteiger charge is -2.12. The summed E-state index contributed by atoms with van der Waals surface area (Å²) >= 11 is 1.07. The van der Waals surface area contributed by atoms with Gasteiger partial charge in [-0.3, -0.25) is 15.4 Å². The summed E-state index contributed by atoms with van der Waals surface area (Å²) in [6.45, 7) is 0.413. The van der Waals surface area contributed by atoms with Gasteiger partial charge in [0, 0.05) is 18.0 Å². The molecule has 6 heteroatoms. The quantitative estimate of drug-likeness (QED) is 0.522. The van der Waals surface area contributed by atoms with Crippen LogP contribution in [0.25, 0.3) is 0 Å². The summed E-state index contributed by atoms with van der Waals surface area (Å²) < 4.78 is 12.8. The van der Waals surface area contributed by atoms with E-state index in [1.54, 1.807) is 17.5 Å². The van der Waals surface area contributed by atoms with Gasteiger partial charge in [-0.15, -0.1) is 6.42 Å². The minimum atomic E-state index is -0.424. The summed E-state index contributed by atoms with van der Waals surface area (Å²) in [5.41, 5.74) is 1.57. The van der Waals surface area contributed by atoms with Crippen molar-refractivity contribution in [2.45, 2.75) is 12.6 Å². The third-order valence-electron chi connectivity index (χ3n) is 2.70. The van der Waals surface area contributed by atoms with E-state index in [1.165, 1.54) is 18.2 Å². The first-order chi connectivity index (χ1) is 9.60. The number of benzene rings is 1. The van der Waals surface area contributed by atoms with Gasteiger partial charge in [0.2, 0.25) is 0 Å². The van der Waals surface area contributed by atoms with E-state index < -0.39 is 4.92 Å². The van der Waals surface area contributed by atoms with Gasteiger partial charge in [0.15, 0.2) is 0 Å². The fourth-order valence-electron chi connectivity index (χ4n) is 1.70. The SMILES string of the molecule is C#CC(NCc1csc([N+](=O)[O-])c1)c1ccc(F)cc1. The molecule has 1 unspecified atom stereocenters. The molecule has 1 atom stereocenters. The summed E-state index contributed by atoms with van der Waals surface area (Å²) in [5.74, 6) is 2.25. The number of hydrogen-bond donors (Lipinski definition) is 1. The number of rotatable bonds is 5. The van der Waals surface area contributed by atoms with Crippen LogP contribution in [0, 0.1) is 28.3 Å². The van der Waals surface area contributed by atoms with Crippen molar-refractivity contribution >= 4 is 16.3 Å². The molecule has 0 radical (unpaired) electrons. The number of hydrogen-bond acceptors (Lipinski definition) is 4. The molecule has 0 amide bonds. The van der Waals surface area contributed by atoms with E-state index in [0.717, 1.165) is 22.5 Å². The molecule has 0 aliphatic heterocycles. The summed E-state index contributed by atoms with van der Waals surface area (Å²) in [4.78, 5) is 10.2. The van der Waals surface area contributed by atoms with Crippen LogP contribution in [0.1, 0.15) is 17.2 Å². The minimum Gasteiger partial charge on any atom is -0.296 e. The lowest BCUT2D eigenvalue weighted by molar-refractivity contribution is -0.380. The molecule has 1 N–H and O–H groups in total. The first-order valence-electron chi connectivity index (χ1n) is 5.77. The summed E-state index contributed by atoms with van der Waals surface area (Å²) in [5, 5.41) is 15.5. The van der Waals surface area contributed by atoms with Crippen molar-refractivity contribution in [3.63, 3.8) is 0 Å². The van der Waals surface area contributed by atoms with E-state index in [0.29, 0.717) is 6.54 Å². The van der Waals surface area contributed by atoms with Crippen molar-refractivity contribution in [3.05, 3.63) is 62.8 Å². The van der Waals surface area contributed by atoms with E-state index in [4.69, 9.17) is 6.42 Å². The van der Waals surface area contributed by atoms with Crippen LogP contribution < -0.4 is 5.32 Å². The highest BCUT2D eigenvalue weighted by Gasteiger charge is 2.12. The lowest BCUT2D eigenvalue weighted by Crippen LogP contribution is -2.19. The molecule has 0 bridgehead atoms. The van der Waals surface area contributed by atoms with Gasteiger partial charge in [-0.2, -0.15) is 0 Å². The Morgan fingerprint density at radius 1 is 1.45 bits per heavy atom. The Labute approximate surface area is 119 Å². The second-order valence-electron chi connectivity index (χ2n) is 4.08. The monoisotopic (exact) mass is 290 g/mol. The highest BCUT2D eigenvalue weighted by Crippen LogP contribution is 2.23. The van der Waals surface area contributed by atoms with Crippen molar-refractivity contribution in [1.82, 2.24) is 5.32 Å². The fraction of sp³-hybridized carbons (Fsp3) is 0.143. The maximum atomic E-state index is 12.8. The second kappa shape index (κ2) is 6.28. The molecule has 2 aromatic rings. The first kappa shape index (κ1) is 14.2. The Morgan fingerprint density at radius 2 is 2.15 bits per heavy atom. The van der Waals surface area contributed by atoms with E-state index >= 15 is 0 Å². The van der Waals surface area contributed by atoms with Crippen molar-refractivity contribution in [3.8, 4) is 12.3 Å². The number of nitrogens with zero attached hydrogens (tertiary/aromatic N) is 1. The van der Waals surface area contributed by atoms with Crippen LogP contribution in [0.4, 0.5) is 9.39 Å². The number of nitrogens with one attached hydrogen (secondary N) is 1. The Bertz CT molecular complexity index is 646. The molecule has 20 heavy (non-hydrogen) atoms. The largest absolute Gasteiger partial charge is 0.324 e. The van der Waals surface area contributed by atoms with Gasteiger partial charge >= 0.3 is 5.00 Å². The normalized spacial score (nSPS) is 11.8. The van der Waals surface area contributed by atoms with Gasteiger partial charge in [0.1, 0.15) is 5.82 Å². The van der Waals surface area contributed by atoms with Crippen molar-refractivity contribution in [2.24, 2.45) is 0 Å². The summed E-state index contributed by atoms with van der Waals surface area (Å²) in [6, 6.07) is 7.06. The Kier molecular flexibility index (Phi) is 4.45. The molecular weight excluding hydrogens is 279 g/mol. The topological polar surface area (TPSA) is 55.2 Å². The van der Waals surface area contributed by atoms with Gasteiger partial charge in [0.25, 0.3) is 0 Å². The predicted molar refractivity (Wildman–Crippen MR) is 75.8 cm³/mol. The molecule has 0 aliphatic carbocycles. The molecular formula is C14H11FN2O2S. The highest BCUT2D eigenvalue weighted by atomic mass is 32.1. The van der Waals surface area contributed by atoms with Gasteiger partial charge in [-0.1, -0.05) is 29.4 Å². The van der Waals surface area contributed by atoms with E-state index in [-0.39, 0.29) is 16.9 Å². The van der Waals surface area contributed by atoms with Gasteiger partial charge < -0.3 is 0 Å². The maximum Gasteiger partial charge on any atom is 0.324 e. The molecule has 2 rings (SSSR count). The van der Waals surface area contributed by atoms with Gasteiger partial charge in [0.05, 0.1) is 11.0 Å². The summed E-state index contributed by atoms with van der Waals surface area (Å²) in [6.07, 6.45) is 5.45. The molecule has 4 nitrogen and oxygen atoms in total. The molecule has 0 fully saturated rings. The Hall–Kier alpha value is -2.23. The molecule has 0 saturated carbocycles. The highest BCUT2D eigenvalue weighted by molar-refractivity contribution is 7.13. The zero-order chi connectivity index (χ0) is 14.5. The van der Waals surface area contributed by atoms with Gasteiger partial charge in [-0.05, 0) is 23.3 Å². The maximum absolute atomic E-state index is 12.8. The Morgan fingerprint density at radius 3 is 2.70 bits per heavy atom. The van der Waals surface area contributed by atoms with Crippen LogP contribution in [0.15, 0.2) is 35.7 Å². The molecule has 0 spiro atoms. The first-order valence-corrected chi connectivity index (χ1v) is 6.65. The standard InChI is InChI=1S/C14H11FN2O2S/c1-2-13(11-3-5-12(15)6-4-11)16-8-10-7-14(17(18)19)20-9-10/h1,3-7,9,13,16H,8H2. The molecule has 0 aliphatic rings. The lowest BCUT2D eigenvalue weighted by atomic mass is 10.1. The molecule has 1 aromatic heterocycles. The Balaban J connectivity index is 2.02. The molecule has 102 valence electrons. The van der Waals surface area contributed by atoms with Crippen LogP contribution in [0.5, 0.6) is 0 Å². The summed E-state index contributed by atoms with van der Waals surface area (Å²) in [7, 11) is 0. The molecule has 0 saturated heterocycles. The smallest absolute Gasteiger partial charge is 0.296 e. The number of thiophene rings is 1. The van der Waals surface area contributed by atoms with Crippen molar-refractivity contribution < 1.29 is 9.31 Å². The number of halogens is 1. The van der Waals surface area contributed by atoms with E-state index in [9.17, 15) is 14.5 Å². The average Bonchev–Trinajstić information content (AvgIpc) is 2.90.